The minimum Gasteiger partial charge on any atom is -0.457 e. The molecule has 0 fully saturated rings. The van der Waals surface area contributed by atoms with E-state index in [9.17, 15) is 4.79 Å². The summed E-state index contributed by atoms with van der Waals surface area (Å²) in [5.41, 5.74) is 1.49. The molecule has 2 N–H and O–H groups in total. The van der Waals surface area contributed by atoms with Gasteiger partial charge in [0.1, 0.15) is 11.5 Å². The average Bonchev–Trinajstić information content (AvgIpc) is 2.63. The van der Waals surface area contributed by atoms with Crippen molar-refractivity contribution < 1.29 is 9.53 Å². The maximum atomic E-state index is 11.9. The predicted octanol–water partition coefficient (Wildman–Crippen LogP) is 4.20. The summed E-state index contributed by atoms with van der Waals surface area (Å²) in [5, 5.41) is 5.53. The molecular formula is C19H17N3O2. The number of hydrogen-bond donors (Lipinski definition) is 2. The Morgan fingerprint density at radius 3 is 2.29 bits per heavy atom. The van der Waals surface area contributed by atoms with Gasteiger partial charge in [-0.1, -0.05) is 24.3 Å². The number of hydrogen-bond acceptors (Lipinski definition) is 3. The van der Waals surface area contributed by atoms with Crippen molar-refractivity contribution in [2.24, 2.45) is 0 Å². The third-order valence-electron chi connectivity index (χ3n) is 3.25. The fraction of sp³-hybridized carbons (Fsp3) is 0.0526. The molecule has 5 heteroatoms. The Kier molecular flexibility index (Phi) is 5.04. The monoisotopic (exact) mass is 319 g/mol. The molecule has 5 nitrogen and oxygen atoms in total. The highest BCUT2D eigenvalue weighted by molar-refractivity contribution is 5.89. The Balaban J connectivity index is 1.51. The van der Waals surface area contributed by atoms with Crippen LogP contribution >= 0.6 is 0 Å². The molecular weight excluding hydrogens is 302 g/mol. The molecule has 0 atom stereocenters. The fourth-order valence-electron chi connectivity index (χ4n) is 2.08. The summed E-state index contributed by atoms with van der Waals surface area (Å²) in [7, 11) is 0. The summed E-state index contributed by atoms with van der Waals surface area (Å²) in [4.78, 5) is 16.0. The topological polar surface area (TPSA) is 63.2 Å². The van der Waals surface area contributed by atoms with Crippen LogP contribution in [0.15, 0.2) is 79.0 Å². The van der Waals surface area contributed by atoms with Crippen molar-refractivity contribution in [1.29, 1.82) is 0 Å². The van der Waals surface area contributed by atoms with Crippen LogP contribution in [0.1, 0.15) is 5.69 Å². The number of pyridine rings is 1. The zero-order chi connectivity index (χ0) is 16.6. The first-order valence-corrected chi connectivity index (χ1v) is 7.57. The third-order valence-corrected chi connectivity index (χ3v) is 3.25. The highest BCUT2D eigenvalue weighted by Crippen LogP contribution is 2.22. The second-order valence-electron chi connectivity index (χ2n) is 5.07. The summed E-state index contributed by atoms with van der Waals surface area (Å²) in [6.07, 6.45) is 1.69. The molecule has 1 aromatic heterocycles. The molecule has 24 heavy (non-hydrogen) atoms. The number of para-hydroxylation sites is 1. The van der Waals surface area contributed by atoms with Gasteiger partial charge in [0, 0.05) is 11.9 Å². The van der Waals surface area contributed by atoms with E-state index in [2.05, 4.69) is 15.6 Å². The van der Waals surface area contributed by atoms with Crippen molar-refractivity contribution in [1.82, 2.24) is 10.3 Å². The number of anilines is 1. The van der Waals surface area contributed by atoms with E-state index in [-0.39, 0.29) is 6.03 Å². The van der Waals surface area contributed by atoms with Gasteiger partial charge >= 0.3 is 6.03 Å². The van der Waals surface area contributed by atoms with E-state index in [4.69, 9.17) is 4.74 Å². The number of benzene rings is 2. The first-order chi connectivity index (χ1) is 11.8. The highest BCUT2D eigenvalue weighted by atomic mass is 16.5. The Morgan fingerprint density at radius 1 is 0.875 bits per heavy atom. The number of carbonyl (C=O) groups is 1. The van der Waals surface area contributed by atoms with Crippen LogP contribution in [0.3, 0.4) is 0 Å². The average molecular weight is 319 g/mol. The van der Waals surface area contributed by atoms with Gasteiger partial charge in [0.15, 0.2) is 0 Å². The Labute approximate surface area is 140 Å². The Bertz CT molecular complexity index is 775. The molecule has 3 aromatic rings. The fourth-order valence-corrected chi connectivity index (χ4v) is 2.08. The number of nitrogens with one attached hydrogen (secondary N) is 2. The number of rotatable bonds is 5. The molecule has 3 rings (SSSR count). The zero-order valence-corrected chi connectivity index (χ0v) is 13.0. The normalized spacial score (nSPS) is 10.0. The Hall–Kier alpha value is -3.34. The first-order valence-electron chi connectivity index (χ1n) is 7.57. The van der Waals surface area contributed by atoms with E-state index in [0.717, 1.165) is 11.4 Å². The Morgan fingerprint density at radius 2 is 1.58 bits per heavy atom. The molecule has 0 saturated carbocycles. The van der Waals surface area contributed by atoms with E-state index < -0.39 is 0 Å². The van der Waals surface area contributed by atoms with Gasteiger partial charge in [-0.2, -0.15) is 0 Å². The molecule has 0 aliphatic carbocycles. The summed E-state index contributed by atoms with van der Waals surface area (Å²) < 4.78 is 5.71. The molecule has 0 aliphatic rings. The van der Waals surface area contributed by atoms with Gasteiger partial charge in [-0.05, 0) is 48.5 Å². The van der Waals surface area contributed by atoms with Gasteiger partial charge in [-0.15, -0.1) is 0 Å². The summed E-state index contributed by atoms with van der Waals surface area (Å²) >= 11 is 0. The summed E-state index contributed by atoms with van der Waals surface area (Å²) in [5.74, 6) is 1.48. The molecule has 1 heterocycles. The molecule has 0 aliphatic heterocycles. The van der Waals surface area contributed by atoms with Crippen molar-refractivity contribution in [3.8, 4) is 11.5 Å². The molecule has 0 unspecified atom stereocenters. The van der Waals surface area contributed by atoms with Gasteiger partial charge in [0.2, 0.25) is 0 Å². The summed E-state index contributed by atoms with van der Waals surface area (Å²) in [6.45, 7) is 0.377. The lowest BCUT2D eigenvalue weighted by molar-refractivity contribution is 0.251. The third kappa shape index (κ3) is 4.58. The minimum atomic E-state index is -0.280. The lowest BCUT2D eigenvalue weighted by Gasteiger charge is -2.09. The van der Waals surface area contributed by atoms with Crippen LogP contribution < -0.4 is 15.4 Å². The van der Waals surface area contributed by atoms with Gasteiger partial charge in [0.05, 0.1) is 12.2 Å². The van der Waals surface area contributed by atoms with Gasteiger partial charge < -0.3 is 15.4 Å². The van der Waals surface area contributed by atoms with Crippen molar-refractivity contribution in [3.63, 3.8) is 0 Å². The molecule has 2 aromatic carbocycles. The van der Waals surface area contributed by atoms with E-state index in [1.165, 1.54) is 0 Å². The van der Waals surface area contributed by atoms with Crippen LogP contribution in [-0.4, -0.2) is 11.0 Å². The van der Waals surface area contributed by atoms with E-state index in [1.54, 1.807) is 30.5 Å². The lowest BCUT2D eigenvalue weighted by Crippen LogP contribution is -2.28. The highest BCUT2D eigenvalue weighted by Gasteiger charge is 2.03. The van der Waals surface area contributed by atoms with Crippen molar-refractivity contribution in [2.75, 3.05) is 5.32 Å². The van der Waals surface area contributed by atoms with Crippen molar-refractivity contribution >= 4 is 11.7 Å². The number of amides is 2. The summed E-state index contributed by atoms with van der Waals surface area (Å²) in [6, 6.07) is 22.0. The second kappa shape index (κ2) is 7.78. The molecule has 120 valence electrons. The predicted molar refractivity (Wildman–Crippen MR) is 93.1 cm³/mol. The van der Waals surface area contributed by atoms with E-state index >= 15 is 0 Å². The first kappa shape index (κ1) is 15.6. The quantitative estimate of drug-likeness (QED) is 0.741. The van der Waals surface area contributed by atoms with Crippen molar-refractivity contribution in [2.45, 2.75) is 6.54 Å². The molecule has 0 bridgehead atoms. The van der Waals surface area contributed by atoms with Crippen LogP contribution in [0.25, 0.3) is 0 Å². The van der Waals surface area contributed by atoms with Gasteiger partial charge in [0.25, 0.3) is 0 Å². The minimum absolute atomic E-state index is 0.280. The molecule has 0 saturated heterocycles. The van der Waals surface area contributed by atoms with E-state index in [0.29, 0.717) is 18.0 Å². The standard InChI is InChI=1S/C19H17N3O2/c23-19(21-14-16-6-4-5-13-20-16)22-15-9-11-18(12-10-15)24-17-7-2-1-3-8-17/h1-13H,14H2,(H2,21,22,23). The van der Waals surface area contributed by atoms with Crippen LogP contribution in [0.4, 0.5) is 10.5 Å². The van der Waals surface area contributed by atoms with Crippen molar-refractivity contribution in [3.05, 3.63) is 84.7 Å². The number of carbonyl (C=O) groups excluding carboxylic acids is 1. The molecule has 2 amide bonds. The SMILES string of the molecule is O=C(NCc1ccccn1)Nc1ccc(Oc2ccccc2)cc1. The zero-order valence-electron chi connectivity index (χ0n) is 13.0. The lowest BCUT2D eigenvalue weighted by atomic mass is 10.3. The number of aromatic nitrogens is 1. The second-order valence-corrected chi connectivity index (χ2v) is 5.07. The largest absolute Gasteiger partial charge is 0.457 e. The van der Waals surface area contributed by atoms with Crippen LogP contribution in [0, 0.1) is 0 Å². The molecule has 0 radical (unpaired) electrons. The van der Waals surface area contributed by atoms with Gasteiger partial charge in [-0.25, -0.2) is 4.79 Å². The van der Waals surface area contributed by atoms with Gasteiger partial charge in [-0.3, -0.25) is 4.98 Å². The van der Waals surface area contributed by atoms with Crippen LogP contribution in [0.5, 0.6) is 11.5 Å². The van der Waals surface area contributed by atoms with E-state index in [1.807, 2.05) is 48.5 Å². The number of nitrogens with zero attached hydrogens (tertiary/aromatic N) is 1. The van der Waals surface area contributed by atoms with Crippen LogP contribution in [0.2, 0.25) is 0 Å². The number of urea groups is 1. The smallest absolute Gasteiger partial charge is 0.319 e. The maximum absolute atomic E-state index is 11.9. The van der Waals surface area contributed by atoms with Crippen LogP contribution in [-0.2, 0) is 6.54 Å². The maximum Gasteiger partial charge on any atom is 0.319 e. The molecule has 0 spiro atoms. The number of ether oxygens (including phenoxy) is 1.